The zero-order valence-electron chi connectivity index (χ0n) is 16.1. The second kappa shape index (κ2) is 7.40. The van der Waals surface area contributed by atoms with Crippen LogP contribution in [0.4, 0.5) is 0 Å². The van der Waals surface area contributed by atoms with Crippen LogP contribution in [0.15, 0.2) is 65.3 Å². The minimum absolute atomic E-state index is 0. The predicted octanol–water partition coefficient (Wildman–Crippen LogP) is 5.91. The Morgan fingerprint density at radius 1 is 0.667 bits per heavy atom. The van der Waals surface area contributed by atoms with Crippen molar-refractivity contribution in [2.45, 2.75) is 0 Å². The fraction of sp³-hybridized carbons (Fsp3) is 0. The van der Waals surface area contributed by atoms with Crippen molar-refractivity contribution in [1.82, 2.24) is 19.9 Å². The van der Waals surface area contributed by atoms with Crippen LogP contribution in [-0.4, -0.2) is 19.9 Å². The Hall–Kier alpha value is -3.50. The summed E-state index contributed by atoms with van der Waals surface area (Å²) in [5.74, 6) is 0.773. The molecule has 0 fully saturated rings. The van der Waals surface area contributed by atoms with Crippen molar-refractivity contribution in [3.8, 4) is 11.3 Å². The molecular weight excluding hydrogens is 426 g/mol. The van der Waals surface area contributed by atoms with E-state index in [2.05, 4.69) is 45.3 Å². The molecule has 0 unspecified atom stereocenters. The zero-order chi connectivity index (χ0) is 19.2. The summed E-state index contributed by atoms with van der Waals surface area (Å²) in [7, 11) is 0. The topological polar surface area (TPSA) is 70.5 Å². The van der Waals surface area contributed by atoms with Gasteiger partial charge in [0.25, 0.3) is 0 Å². The van der Waals surface area contributed by atoms with Gasteiger partial charge in [-0.05, 0) is 78.9 Å². The third-order valence-electron chi connectivity index (χ3n) is 4.99. The minimum Gasteiger partial charge on any atom is -0.464 e. The van der Waals surface area contributed by atoms with E-state index in [9.17, 15) is 0 Å². The van der Waals surface area contributed by atoms with E-state index in [4.69, 9.17) is 9.40 Å². The Kier molecular flexibility index (Phi) is 4.57. The average Bonchev–Trinajstić information content (AvgIpc) is 3.51. The summed E-state index contributed by atoms with van der Waals surface area (Å²) in [4.78, 5) is 16.4. The fourth-order valence-electron chi connectivity index (χ4n) is 3.69. The molecule has 5 nitrogen and oxygen atoms in total. The van der Waals surface area contributed by atoms with E-state index in [-0.39, 0.29) is 19.5 Å². The standard InChI is InChI=1S/C24H16N4O.Zn/c1-2-23(29-11-1)24-21-9-7-19(27-21)13-17-5-3-15(25-17)12-16-4-6-18(26-16)14-20-8-10-22(24)28-20;/h1-14,25,27H;. The summed E-state index contributed by atoms with van der Waals surface area (Å²) in [6.45, 7) is 0. The Labute approximate surface area is 185 Å². The molecule has 0 radical (unpaired) electrons. The smallest absolute Gasteiger partial charge is 0.138 e. The molecular formula is C24H16N4OZn. The molecule has 30 heavy (non-hydrogen) atoms. The van der Waals surface area contributed by atoms with E-state index in [0.29, 0.717) is 0 Å². The largest absolute Gasteiger partial charge is 0.464 e. The molecule has 0 spiro atoms. The van der Waals surface area contributed by atoms with Crippen molar-refractivity contribution in [1.29, 1.82) is 0 Å². The number of fused-ring (bicyclic) bond motifs is 8. The van der Waals surface area contributed by atoms with Crippen molar-refractivity contribution >= 4 is 46.4 Å². The first-order valence-corrected chi connectivity index (χ1v) is 9.41. The van der Waals surface area contributed by atoms with Gasteiger partial charge in [0.1, 0.15) is 5.76 Å². The average molecular weight is 442 g/mol. The van der Waals surface area contributed by atoms with Gasteiger partial charge in [-0.2, -0.15) is 0 Å². The third kappa shape index (κ3) is 3.36. The summed E-state index contributed by atoms with van der Waals surface area (Å²) >= 11 is 0. The van der Waals surface area contributed by atoms with Gasteiger partial charge >= 0.3 is 0 Å². The van der Waals surface area contributed by atoms with E-state index < -0.39 is 0 Å². The molecule has 2 N–H and O–H groups in total. The number of hydrogen-bond donors (Lipinski definition) is 2. The van der Waals surface area contributed by atoms with Crippen LogP contribution in [0, 0.1) is 0 Å². The number of furan rings is 1. The van der Waals surface area contributed by atoms with Crippen LogP contribution in [0.2, 0.25) is 0 Å². The quantitative estimate of drug-likeness (QED) is 0.311. The summed E-state index contributed by atoms with van der Waals surface area (Å²) in [6, 6.07) is 18.2. The Balaban J connectivity index is 0.00000193. The van der Waals surface area contributed by atoms with Crippen molar-refractivity contribution in [2.24, 2.45) is 0 Å². The molecule has 0 aromatic carbocycles. The molecule has 0 saturated carbocycles. The van der Waals surface area contributed by atoms with Crippen molar-refractivity contribution < 1.29 is 23.9 Å². The second-order valence-corrected chi connectivity index (χ2v) is 7.03. The van der Waals surface area contributed by atoms with Crippen molar-refractivity contribution in [3.05, 3.63) is 83.6 Å². The summed E-state index contributed by atoms with van der Waals surface area (Å²) < 4.78 is 5.72. The number of nitrogens with zero attached hydrogens (tertiary/aromatic N) is 2. The first-order valence-electron chi connectivity index (χ1n) is 9.41. The summed E-state index contributed by atoms with van der Waals surface area (Å²) in [5.41, 5.74) is 8.42. The van der Waals surface area contributed by atoms with Crippen molar-refractivity contribution in [3.63, 3.8) is 0 Å². The Morgan fingerprint density at radius 2 is 1.37 bits per heavy atom. The minimum atomic E-state index is 0. The van der Waals surface area contributed by atoms with Crippen LogP contribution in [0.3, 0.4) is 0 Å². The van der Waals surface area contributed by atoms with E-state index in [0.717, 1.165) is 56.2 Å². The van der Waals surface area contributed by atoms with E-state index >= 15 is 0 Å². The zero-order valence-corrected chi connectivity index (χ0v) is 19.1. The molecule has 2 aliphatic heterocycles. The molecule has 4 aromatic rings. The van der Waals surface area contributed by atoms with Crippen LogP contribution in [0.25, 0.3) is 57.7 Å². The molecule has 6 heterocycles. The maximum atomic E-state index is 5.72. The van der Waals surface area contributed by atoms with Crippen LogP contribution >= 0.6 is 0 Å². The predicted molar refractivity (Wildman–Crippen MR) is 117 cm³/mol. The van der Waals surface area contributed by atoms with Gasteiger partial charge in [0.2, 0.25) is 0 Å². The molecule has 8 bridgehead atoms. The molecule has 0 saturated heterocycles. The summed E-state index contributed by atoms with van der Waals surface area (Å²) in [6.07, 6.45) is 9.71. The van der Waals surface area contributed by atoms with Gasteiger partial charge < -0.3 is 14.4 Å². The van der Waals surface area contributed by atoms with Gasteiger partial charge in [0.05, 0.1) is 40.1 Å². The van der Waals surface area contributed by atoms with Gasteiger partial charge in [-0.1, -0.05) is 0 Å². The second-order valence-electron chi connectivity index (χ2n) is 7.03. The van der Waals surface area contributed by atoms with E-state index in [1.807, 2.05) is 48.6 Å². The molecule has 0 atom stereocenters. The fourth-order valence-corrected chi connectivity index (χ4v) is 3.69. The van der Waals surface area contributed by atoms with Gasteiger partial charge in [0, 0.05) is 36.0 Å². The first-order chi connectivity index (χ1) is 14.3. The molecule has 6 rings (SSSR count). The SMILES string of the molecule is C1=Cc2cc3ccc(cc4ccc([nH]4)c(-c4ccco4)c4nc(cc1n2)C=C4)[nH]3.[Zn]. The number of hydrogen-bond acceptors (Lipinski definition) is 3. The number of nitrogens with one attached hydrogen (secondary N) is 2. The van der Waals surface area contributed by atoms with Crippen LogP contribution < -0.4 is 0 Å². The summed E-state index contributed by atoms with van der Waals surface area (Å²) in [5, 5.41) is 0. The first kappa shape index (κ1) is 18.5. The third-order valence-corrected chi connectivity index (χ3v) is 4.99. The molecule has 2 aliphatic rings. The van der Waals surface area contributed by atoms with Gasteiger partial charge in [-0.25, -0.2) is 9.97 Å². The molecule has 4 aromatic heterocycles. The monoisotopic (exact) mass is 440 g/mol. The van der Waals surface area contributed by atoms with Gasteiger partial charge in [-0.3, -0.25) is 0 Å². The van der Waals surface area contributed by atoms with Crippen LogP contribution in [-0.2, 0) is 19.5 Å². The normalized spacial score (nSPS) is 12.1. The number of aromatic amines is 2. The number of rotatable bonds is 1. The number of H-pyrrole nitrogens is 2. The van der Waals surface area contributed by atoms with Crippen LogP contribution in [0.1, 0.15) is 22.8 Å². The maximum absolute atomic E-state index is 5.72. The molecule has 140 valence electrons. The molecule has 0 amide bonds. The molecule has 0 aliphatic carbocycles. The Morgan fingerprint density at radius 3 is 2.20 bits per heavy atom. The maximum Gasteiger partial charge on any atom is 0.138 e. The van der Waals surface area contributed by atoms with Crippen molar-refractivity contribution in [2.75, 3.05) is 0 Å². The molecule has 6 heteroatoms. The number of aromatic nitrogens is 4. The Bertz CT molecular complexity index is 1460. The van der Waals surface area contributed by atoms with Crippen LogP contribution in [0.5, 0.6) is 0 Å². The van der Waals surface area contributed by atoms with E-state index in [1.54, 1.807) is 6.26 Å². The van der Waals surface area contributed by atoms with E-state index in [1.165, 1.54) is 0 Å². The van der Waals surface area contributed by atoms with Gasteiger partial charge in [-0.15, -0.1) is 0 Å². The van der Waals surface area contributed by atoms with Gasteiger partial charge in [0.15, 0.2) is 0 Å².